The molecule has 0 radical (unpaired) electrons. The maximum absolute atomic E-state index is 14.5. The Morgan fingerprint density at radius 3 is 2.41 bits per heavy atom. The number of nitrogens with one attached hydrogen (secondary N) is 2. The van der Waals surface area contributed by atoms with E-state index in [2.05, 4.69) is 20.6 Å². The molecule has 3 amide bonds. The van der Waals surface area contributed by atoms with Crippen molar-refractivity contribution >= 4 is 41.0 Å². The number of aromatic nitrogens is 2. The van der Waals surface area contributed by atoms with Gasteiger partial charge in [-0.3, -0.25) is 19.3 Å². The van der Waals surface area contributed by atoms with Gasteiger partial charge in [-0.05, 0) is 49.1 Å². The van der Waals surface area contributed by atoms with Crippen molar-refractivity contribution in [2.45, 2.75) is 61.9 Å². The number of carbonyl (C=O) groups is 3. The normalized spacial score (nSPS) is 20.5. The van der Waals surface area contributed by atoms with Gasteiger partial charge in [0.15, 0.2) is 0 Å². The molecule has 5 rings (SSSR count). The zero-order chi connectivity index (χ0) is 31.6. The van der Waals surface area contributed by atoms with Crippen molar-refractivity contribution in [2.24, 2.45) is 0 Å². The van der Waals surface area contributed by atoms with E-state index in [1.807, 2.05) is 6.07 Å². The van der Waals surface area contributed by atoms with Crippen LogP contribution < -0.4 is 15.5 Å². The van der Waals surface area contributed by atoms with Gasteiger partial charge in [-0.25, -0.2) is 27.5 Å². The summed E-state index contributed by atoms with van der Waals surface area (Å²) >= 11 is 6.58. The van der Waals surface area contributed by atoms with Crippen LogP contribution in [-0.4, -0.2) is 45.2 Å². The van der Waals surface area contributed by atoms with Crippen LogP contribution >= 0.6 is 11.6 Å². The second-order valence-electron chi connectivity index (χ2n) is 10.7. The topological polar surface area (TPSA) is 128 Å². The number of halogens is 5. The Bertz CT molecular complexity index is 1640. The molecule has 1 saturated carbocycles. The monoisotopic (exact) mass is 628 g/mol. The molecule has 2 fully saturated rings. The van der Waals surface area contributed by atoms with Gasteiger partial charge in [0.2, 0.25) is 23.7 Å². The molecule has 1 saturated heterocycles. The average Bonchev–Trinajstić information content (AvgIpc) is 3.32. The van der Waals surface area contributed by atoms with E-state index in [-0.39, 0.29) is 53.6 Å². The van der Waals surface area contributed by atoms with E-state index >= 15 is 0 Å². The van der Waals surface area contributed by atoms with E-state index < -0.39 is 65.6 Å². The summed E-state index contributed by atoms with van der Waals surface area (Å²) in [7, 11) is 0. The number of hydrogen-bond donors (Lipinski definition) is 2. The lowest BCUT2D eigenvalue weighted by molar-refractivity contribution is -0.132. The summed E-state index contributed by atoms with van der Waals surface area (Å²) in [5, 5.41) is 14.7. The average molecular weight is 629 g/mol. The van der Waals surface area contributed by atoms with Crippen LogP contribution in [0.15, 0.2) is 54.7 Å². The quantitative estimate of drug-likeness (QED) is 0.344. The van der Waals surface area contributed by atoms with Crippen molar-refractivity contribution in [3.05, 3.63) is 82.6 Å². The van der Waals surface area contributed by atoms with Crippen molar-refractivity contribution in [3.63, 3.8) is 0 Å². The molecule has 2 heterocycles. The van der Waals surface area contributed by atoms with Crippen LogP contribution in [0, 0.1) is 23.0 Å². The fraction of sp³-hybridized carbons (Fsp3) is 0.333. The molecule has 1 unspecified atom stereocenters. The number of amides is 3. The Morgan fingerprint density at radius 1 is 1.07 bits per heavy atom. The number of alkyl halides is 2. The Hall–Kier alpha value is -4.57. The third-order valence-corrected chi connectivity index (χ3v) is 8.20. The summed E-state index contributed by atoms with van der Waals surface area (Å²) < 4.78 is 56.0. The highest BCUT2D eigenvalue weighted by Crippen LogP contribution is 2.47. The Labute approximate surface area is 254 Å². The van der Waals surface area contributed by atoms with Crippen LogP contribution in [0.3, 0.4) is 0 Å². The molecule has 14 heteroatoms. The molecule has 228 valence electrons. The van der Waals surface area contributed by atoms with E-state index in [4.69, 9.17) is 11.6 Å². The largest absolute Gasteiger partial charge is 0.353 e. The van der Waals surface area contributed by atoms with Crippen LogP contribution in [-0.2, 0) is 14.4 Å². The lowest BCUT2D eigenvalue weighted by Gasteiger charge is -2.42. The van der Waals surface area contributed by atoms with Crippen LogP contribution in [0.1, 0.15) is 55.7 Å². The number of rotatable bonds is 7. The molecular weight excluding hydrogens is 604 g/mol. The van der Waals surface area contributed by atoms with Gasteiger partial charge in [-0.15, -0.1) is 0 Å². The molecule has 3 aromatic rings. The SMILES string of the molecule is N#Cc1ccnc(N2C(=O)CCC2(C(=O)Nc2cc(F)cc(F)c2)[C@@H](C(=O)NC2CCC(F)(F)CC2)c2ccccc2Cl)n1. The van der Waals surface area contributed by atoms with Crippen LogP contribution in [0.5, 0.6) is 0 Å². The second kappa shape index (κ2) is 12.2. The summed E-state index contributed by atoms with van der Waals surface area (Å²) in [5.41, 5.74) is -2.52. The van der Waals surface area contributed by atoms with E-state index in [0.717, 1.165) is 17.0 Å². The molecule has 2 aromatic carbocycles. The van der Waals surface area contributed by atoms with Crippen molar-refractivity contribution in [2.75, 3.05) is 10.2 Å². The first-order valence-electron chi connectivity index (χ1n) is 13.7. The zero-order valence-electron chi connectivity index (χ0n) is 23.0. The zero-order valence-corrected chi connectivity index (χ0v) is 23.8. The second-order valence-corrected chi connectivity index (χ2v) is 11.1. The fourth-order valence-corrected chi connectivity index (χ4v) is 6.08. The van der Waals surface area contributed by atoms with Crippen LogP contribution in [0.25, 0.3) is 0 Å². The minimum absolute atomic E-state index is 0.0360. The number of carbonyl (C=O) groups excluding carboxylic acids is 3. The maximum atomic E-state index is 14.5. The molecule has 1 aromatic heterocycles. The first kappa shape index (κ1) is 30.9. The molecular formula is C30H25ClF4N6O3. The van der Waals surface area contributed by atoms with Crippen LogP contribution in [0.2, 0.25) is 5.02 Å². The molecule has 0 spiro atoms. The highest BCUT2D eigenvalue weighted by atomic mass is 35.5. The molecule has 0 bridgehead atoms. The minimum atomic E-state index is -2.87. The van der Waals surface area contributed by atoms with Gasteiger partial charge < -0.3 is 10.6 Å². The summed E-state index contributed by atoms with van der Waals surface area (Å²) in [6.07, 6.45) is -0.367. The van der Waals surface area contributed by atoms with E-state index in [1.165, 1.54) is 24.4 Å². The van der Waals surface area contributed by atoms with Gasteiger partial charge in [-0.1, -0.05) is 29.8 Å². The Kier molecular flexibility index (Phi) is 8.56. The predicted molar refractivity (Wildman–Crippen MR) is 151 cm³/mol. The molecule has 44 heavy (non-hydrogen) atoms. The lowest BCUT2D eigenvalue weighted by Crippen LogP contribution is -2.62. The first-order valence-corrected chi connectivity index (χ1v) is 14.1. The number of hydrogen-bond acceptors (Lipinski definition) is 6. The molecule has 2 atom stereocenters. The molecule has 2 N–H and O–H groups in total. The highest BCUT2D eigenvalue weighted by molar-refractivity contribution is 6.32. The molecule has 1 aliphatic heterocycles. The van der Waals surface area contributed by atoms with E-state index in [0.29, 0.717) is 6.07 Å². The lowest BCUT2D eigenvalue weighted by atomic mass is 9.75. The van der Waals surface area contributed by atoms with Gasteiger partial charge in [0.1, 0.15) is 28.9 Å². The van der Waals surface area contributed by atoms with Crippen molar-refractivity contribution in [1.82, 2.24) is 15.3 Å². The summed E-state index contributed by atoms with van der Waals surface area (Å²) in [6.45, 7) is 0. The van der Waals surface area contributed by atoms with Crippen molar-refractivity contribution < 1.29 is 31.9 Å². The third-order valence-electron chi connectivity index (χ3n) is 7.86. The number of nitriles is 1. The summed E-state index contributed by atoms with van der Waals surface area (Å²) in [4.78, 5) is 51.5. The summed E-state index contributed by atoms with van der Waals surface area (Å²) in [5.74, 6) is -9.31. The van der Waals surface area contributed by atoms with Gasteiger partial charge in [0.05, 0.1) is 5.92 Å². The fourth-order valence-electron chi connectivity index (χ4n) is 5.83. The maximum Gasteiger partial charge on any atom is 0.252 e. The minimum Gasteiger partial charge on any atom is -0.353 e. The van der Waals surface area contributed by atoms with Crippen molar-refractivity contribution in [3.8, 4) is 6.07 Å². The number of anilines is 2. The third kappa shape index (κ3) is 6.07. The predicted octanol–water partition coefficient (Wildman–Crippen LogP) is 5.26. The number of nitrogens with zero attached hydrogens (tertiary/aromatic N) is 4. The Balaban J connectivity index is 1.68. The van der Waals surface area contributed by atoms with Crippen LogP contribution in [0.4, 0.5) is 29.2 Å². The van der Waals surface area contributed by atoms with Gasteiger partial charge in [-0.2, -0.15) is 5.26 Å². The molecule has 2 aliphatic rings. The van der Waals surface area contributed by atoms with Gasteiger partial charge in [0, 0.05) is 48.3 Å². The summed E-state index contributed by atoms with van der Waals surface area (Å²) in [6, 6.07) is 10.8. The van der Waals surface area contributed by atoms with Crippen molar-refractivity contribution in [1.29, 1.82) is 5.26 Å². The highest BCUT2D eigenvalue weighted by Gasteiger charge is 2.61. The standard InChI is InChI=1S/C30H25ClF4N6O3/c31-23-4-2-1-3-22(23)25(26(43)38-19-5-9-29(34,35)10-6-19)30(27(44)39-21-14-17(32)13-18(33)15-21)11-7-24(42)41(30)28-37-12-8-20(16-36)40-28/h1-4,8,12-15,19,25H,5-7,9-11H2,(H,38,43)(H,39,44)/t25-,30?/m1/s1. The van der Waals surface area contributed by atoms with E-state index in [1.54, 1.807) is 12.1 Å². The Morgan fingerprint density at radius 2 is 1.75 bits per heavy atom. The molecule has 1 aliphatic carbocycles. The number of benzene rings is 2. The van der Waals surface area contributed by atoms with E-state index in [9.17, 15) is 37.2 Å². The van der Waals surface area contributed by atoms with Gasteiger partial charge >= 0.3 is 0 Å². The molecule has 9 nitrogen and oxygen atoms in total. The van der Waals surface area contributed by atoms with Gasteiger partial charge in [0.25, 0.3) is 5.91 Å². The first-order chi connectivity index (χ1) is 20.9. The smallest absolute Gasteiger partial charge is 0.252 e.